The molecule has 0 aromatic heterocycles. The molecule has 2 aliphatic rings. The number of hydrogen-bond donors (Lipinski definition) is 2. The van der Waals surface area contributed by atoms with Crippen LogP contribution in [0.5, 0.6) is 5.75 Å². The zero-order chi connectivity index (χ0) is 18.2. The van der Waals surface area contributed by atoms with Crippen LogP contribution in [0.3, 0.4) is 0 Å². The predicted molar refractivity (Wildman–Crippen MR) is 95.2 cm³/mol. The van der Waals surface area contributed by atoms with E-state index in [0.29, 0.717) is 23.7 Å². The van der Waals surface area contributed by atoms with E-state index in [0.717, 1.165) is 17.3 Å². The van der Waals surface area contributed by atoms with E-state index < -0.39 is 5.92 Å². The summed E-state index contributed by atoms with van der Waals surface area (Å²) in [5.41, 5.74) is 0.673. The summed E-state index contributed by atoms with van der Waals surface area (Å²) < 4.78 is 6.90. The van der Waals surface area contributed by atoms with Gasteiger partial charge in [0.15, 0.2) is 0 Å². The first-order chi connectivity index (χ1) is 11.9. The normalized spacial score (nSPS) is 32.6. The largest absolute Gasteiger partial charge is 0.508 e. The smallest absolute Gasteiger partial charge is 0.316 e. The molecule has 138 valence electrons. The van der Waals surface area contributed by atoms with Crippen molar-refractivity contribution in [2.24, 2.45) is 0 Å². The fourth-order valence-corrected chi connectivity index (χ4v) is 4.84. The van der Waals surface area contributed by atoms with Crippen molar-refractivity contribution in [1.82, 2.24) is 0 Å². The molecule has 3 atom stereocenters. The summed E-state index contributed by atoms with van der Waals surface area (Å²) in [6, 6.07) is 8.06. The van der Waals surface area contributed by atoms with Crippen molar-refractivity contribution in [2.75, 3.05) is 13.7 Å². The van der Waals surface area contributed by atoms with E-state index in [2.05, 4.69) is 20.9 Å². The van der Waals surface area contributed by atoms with Gasteiger partial charge in [0.25, 0.3) is 0 Å². The molecule has 2 saturated heterocycles. The van der Waals surface area contributed by atoms with Crippen molar-refractivity contribution in [3.05, 3.63) is 29.8 Å². The summed E-state index contributed by atoms with van der Waals surface area (Å²) >= 11 is 0. The number of aliphatic hydroxyl groups excluding tert-OH is 1. The minimum Gasteiger partial charge on any atom is -0.508 e. The fourth-order valence-electron chi connectivity index (χ4n) is 4.84. The second kappa shape index (κ2) is 6.96. The highest BCUT2D eigenvalue weighted by Gasteiger charge is 2.53. The van der Waals surface area contributed by atoms with Crippen LogP contribution >= 0.6 is 0 Å². The van der Waals surface area contributed by atoms with Crippen molar-refractivity contribution in [2.45, 2.75) is 69.7 Å². The molecule has 0 amide bonds. The van der Waals surface area contributed by atoms with Gasteiger partial charge in [-0.05, 0) is 31.5 Å². The first-order valence-corrected chi connectivity index (χ1v) is 9.32. The Morgan fingerprint density at radius 2 is 1.76 bits per heavy atom. The Morgan fingerprint density at radius 3 is 2.24 bits per heavy atom. The number of esters is 1. The molecule has 1 aromatic rings. The molecule has 5 heteroatoms. The van der Waals surface area contributed by atoms with E-state index in [1.165, 1.54) is 25.0 Å². The molecule has 2 fully saturated rings. The lowest BCUT2D eigenvalue weighted by Gasteiger charge is -2.49. The van der Waals surface area contributed by atoms with Crippen LogP contribution in [0.1, 0.15) is 51.0 Å². The van der Waals surface area contributed by atoms with Crippen LogP contribution in [0.25, 0.3) is 0 Å². The average molecular weight is 348 g/mol. The summed E-state index contributed by atoms with van der Waals surface area (Å²) in [6.07, 6.45) is 4.17. The molecule has 2 heterocycles. The molecule has 3 rings (SSSR count). The lowest BCUT2D eigenvalue weighted by atomic mass is 9.94. The Kier molecular flexibility index (Phi) is 5.07. The van der Waals surface area contributed by atoms with E-state index in [1.54, 1.807) is 12.1 Å². The number of fused-ring (bicyclic) bond motifs is 2. The molecule has 3 unspecified atom stereocenters. The summed E-state index contributed by atoms with van der Waals surface area (Å²) in [5, 5.41) is 19.0. The van der Waals surface area contributed by atoms with Gasteiger partial charge in [0, 0.05) is 25.7 Å². The summed E-state index contributed by atoms with van der Waals surface area (Å²) in [7, 11) is 2.35. The van der Waals surface area contributed by atoms with Gasteiger partial charge in [-0.1, -0.05) is 12.1 Å². The van der Waals surface area contributed by atoms with E-state index in [-0.39, 0.29) is 24.4 Å². The van der Waals surface area contributed by atoms with E-state index in [9.17, 15) is 15.0 Å². The van der Waals surface area contributed by atoms with E-state index >= 15 is 0 Å². The fraction of sp³-hybridized carbons (Fsp3) is 0.650. The number of benzene rings is 1. The zero-order valence-corrected chi connectivity index (χ0v) is 15.4. The quantitative estimate of drug-likeness (QED) is 0.634. The second-order valence-corrected chi connectivity index (χ2v) is 8.06. The average Bonchev–Trinajstić information content (AvgIpc) is 2.75. The Labute approximate surface area is 149 Å². The topological polar surface area (TPSA) is 66.8 Å². The number of hydrogen-bond acceptors (Lipinski definition) is 4. The number of carbonyl (C=O) groups is 1. The van der Waals surface area contributed by atoms with Gasteiger partial charge >= 0.3 is 5.97 Å². The molecule has 2 aliphatic heterocycles. The maximum absolute atomic E-state index is 12.6. The van der Waals surface area contributed by atoms with Gasteiger partial charge in [-0.3, -0.25) is 4.79 Å². The Bertz CT molecular complexity index is 599. The second-order valence-electron chi connectivity index (χ2n) is 8.06. The van der Waals surface area contributed by atoms with Gasteiger partial charge in [-0.25, -0.2) is 0 Å². The highest BCUT2D eigenvalue weighted by Crippen LogP contribution is 2.44. The number of nitrogens with zero attached hydrogens (tertiary/aromatic N) is 1. The summed E-state index contributed by atoms with van der Waals surface area (Å²) in [4.78, 5) is 12.6. The minimum absolute atomic E-state index is 0.0545. The van der Waals surface area contributed by atoms with Gasteiger partial charge in [-0.2, -0.15) is 0 Å². The highest BCUT2D eigenvalue weighted by atomic mass is 16.5. The van der Waals surface area contributed by atoms with Crippen molar-refractivity contribution in [1.29, 1.82) is 0 Å². The van der Waals surface area contributed by atoms with E-state index in [1.807, 2.05) is 0 Å². The molecule has 0 spiro atoms. The van der Waals surface area contributed by atoms with Crippen LogP contribution in [0.4, 0.5) is 0 Å². The number of rotatable bonds is 5. The van der Waals surface area contributed by atoms with Gasteiger partial charge in [0.2, 0.25) is 0 Å². The van der Waals surface area contributed by atoms with Crippen LogP contribution in [0, 0.1) is 0 Å². The number of ether oxygens (including phenoxy) is 1. The third-order valence-corrected chi connectivity index (χ3v) is 6.63. The SMILES string of the molecule is CC(C)[N+]1(C)C2CCC1CC(OC(=O)C(CO)c1ccc(O)cc1)C2. The van der Waals surface area contributed by atoms with Crippen molar-refractivity contribution < 1.29 is 24.2 Å². The number of carbonyl (C=O) groups excluding carboxylic acids is 1. The first kappa shape index (κ1) is 18.2. The lowest BCUT2D eigenvalue weighted by molar-refractivity contribution is -0.968. The summed E-state index contributed by atoms with van der Waals surface area (Å²) in [6.45, 7) is 4.28. The third kappa shape index (κ3) is 3.27. The van der Waals surface area contributed by atoms with Crippen LogP contribution in [0.15, 0.2) is 24.3 Å². The number of aromatic hydroxyl groups is 1. The molecule has 2 N–H and O–H groups in total. The Morgan fingerprint density at radius 1 is 1.20 bits per heavy atom. The maximum Gasteiger partial charge on any atom is 0.316 e. The zero-order valence-electron chi connectivity index (χ0n) is 15.4. The molecule has 2 bridgehead atoms. The van der Waals surface area contributed by atoms with Gasteiger partial charge < -0.3 is 19.4 Å². The standard InChI is InChI=1S/C20H29NO4/c1-13(2)21(3)15-6-7-16(21)11-18(10-15)25-20(24)19(12-22)14-4-8-17(23)9-5-14/h4-5,8-9,13,15-16,18-19,22H,6-7,10-12H2,1-3H3/p+1. The molecule has 1 aromatic carbocycles. The Hall–Kier alpha value is -1.59. The molecule has 5 nitrogen and oxygen atoms in total. The lowest BCUT2D eigenvalue weighted by Crippen LogP contribution is -2.62. The number of phenolic OH excluding ortho intramolecular Hbond substituents is 1. The maximum atomic E-state index is 12.6. The van der Waals surface area contributed by atoms with Crippen LogP contribution in [0.2, 0.25) is 0 Å². The van der Waals surface area contributed by atoms with Crippen LogP contribution < -0.4 is 0 Å². The first-order valence-electron chi connectivity index (χ1n) is 9.32. The Balaban J connectivity index is 1.67. The predicted octanol–water partition coefficient (Wildman–Crippen LogP) is 2.56. The van der Waals surface area contributed by atoms with Gasteiger partial charge in [0.05, 0.1) is 31.8 Å². The van der Waals surface area contributed by atoms with E-state index in [4.69, 9.17) is 4.74 Å². The van der Waals surface area contributed by atoms with Crippen molar-refractivity contribution in [3.63, 3.8) is 0 Å². The van der Waals surface area contributed by atoms with Crippen molar-refractivity contribution in [3.8, 4) is 5.75 Å². The molecule has 0 radical (unpaired) electrons. The monoisotopic (exact) mass is 348 g/mol. The number of piperidine rings is 1. The van der Waals surface area contributed by atoms with Crippen LogP contribution in [-0.4, -0.2) is 58.5 Å². The highest BCUT2D eigenvalue weighted by molar-refractivity contribution is 5.78. The summed E-state index contributed by atoms with van der Waals surface area (Å²) in [5.74, 6) is -0.909. The molecule has 0 saturated carbocycles. The molecular formula is C20H30NO4+. The van der Waals surface area contributed by atoms with Gasteiger partial charge in [-0.15, -0.1) is 0 Å². The minimum atomic E-state index is -0.689. The van der Waals surface area contributed by atoms with Gasteiger partial charge in [0.1, 0.15) is 17.8 Å². The van der Waals surface area contributed by atoms with Crippen molar-refractivity contribution >= 4 is 5.97 Å². The number of quaternary nitrogens is 1. The number of phenols is 1. The molecular weight excluding hydrogens is 318 g/mol. The third-order valence-electron chi connectivity index (χ3n) is 6.63. The number of aliphatic hydroxyl groups is 1. The van der Waals surface area contributed by atoms with Crippen LogP contribution in [-0.2, 0) is 9.53 Å². The molecule has 0 aliphatic carbocycles. The molecule has 25 heavy (non-hydrogen) atoms.